The minimum absolute atomic E-state index is 0.387. The van der Waals surface area contributed by atoms with Gasteiger partial charge >= 0.3 is 0 Å². The van der Waals surface area contributed by atoms with E-state index in [9.17, 15) is 4.39 Å². The molecule has 2 heterocycles. The summed E-state index contributed by atoms with van der Waals surface area (Å²) in [5, 5.41) is 0. The monoisotopic (exact) mass is 232 g/mol. The van der Waals surface area contributed by atoms with Gasteiger partial charge in [-0.3, -0.25) is 9.97 Å². The van der Waals surface area contributed by atoms with Crippen LogP contribution in [0.3, 0.4) is 0 Å². The highest BCUT2D eigenvalue weighted by atomic mass is 19.1. The molecule has 2 aromatic heterocycles. The zero-order valence-corrected chi connectivity index (χ0v) is 9.77. The van der Waals surface area contributed by atoms with Crippen LogP contribution in [-0.2, 0) is 6.42 Å². The Morgan fingerprint density at radius 2 is 2.00 bits per heavy atom. The second-order valence-corrected chi connectivity index (χ2v) is 3.73. The van der Waals surface area contributed by atoms with E-state index in [2.05, 4.69) is 9.97 Å². The number of ether oxygens (including phenoxy) is 1. The number of hydrogen-bond acceptors (Lipinski definition) is 3. The molecule has 0 fully saturated rings. The first kappa shape index (κ1) is 11.5. The molecule has 88 valence electrons. The van der Waals surface area contributed by atoms with Gasteiger partial charge in [-0.1, -0.05) is 6.92 Å². The summed E-state index contributed by atoms with van der Waals surface area (Å²) in [7, 11) is 0. The molecule has 0 unspecified atom stereocenters. The van der Waals surface area contributed by atoms with Crippen LogP contribution in [0.1, 0.15) is 18.3 Å². The van der Waals surface area contributed by atoms with Gasteiger partial charge in [-0.25, -0.2) is 4.39 Å². The number of aromatic nitrogens is 2. The van der Waals surface area contributed by atoms with Crippen LogP contribution in [0.25, 0.3) is 0 Å². The van der Waals surface area contributed by atoms with Crippen molar-refractivity contribution in [2.45, 2.75) is 20.3 Å². The lowest BCUT2D eigenvalue weighted by atomic mass is 10.2. The van der Waals surface area contributed by atoms with E-state index in [4.69, 9.17) is 4.74 Å². The minimum Gasteiger partial charge on any atom is -0.456 e. The van der Waals surface area contributed by atoms with Crippen LogP contribution in [0.2, 0.25) is 0 Å². The average molecular weight is 232 g/mol. The highest BCUT2D eigenvalue weighted by Crippen LogP contribution is 2.22. The molecular formula is C13H13FN2O. The summed E-state index contributed by atoms with van der Waals surface area (Å²) in [5.74, 6) is 0.628. The summed E-state index contributed by atoms with van der Waals surface area (Å²) in [4.78, 5) is 8.07. The zero-order chi connectivity index (χ0) is 12.3. The Labute approximate surface area is 99.3 Å². The third-order valence-corrected chi connectivity index (χ3v) is 2.26. The van der Waals surface area contributed by atoms with Crippen molar-refractivity contribution in [2.75, 3.05) is 0 Å². The molecule has 17 heavy (non-hydrogen) atoms. The molecule has 2 aromatic rings. The summed E-state index contributed by atoms with van der Waals surface area (Å²) in [6, 6.07) is 4.95. The molecule has 4 heteroatoms. The van der Waals surface area contributed by atoms with Gasteiger partial charge in [-0.2, -0.15) is 0 Å². The summed E-state index contributed by atoms with van der Waals surface area (Å²) in [6.45, 7) is 3.92. The molecular weight excluding hydrogens is 219 g/mol. The van der Waals surface area contributed by atoms with Crippen LogP contribution in [0.4, 0.5) is 4.39 Å². The van der Waals surface area contributed by atoms with Gasteiger partial charge in [0.25, 0.3) is 0 Å². The number of pyridine rings is 2. The van der Waals surface area contributed by atoms with Crippen molar-refractivity contribution < 1.29 is 9.13 Å². The van der Waals surface area contributed by atoms with Crippen molar-refractivity contribution in [1.82, 2.24) is 9.97 Å². The van der Waals surface area contributed by atoms with Gasteiger partial charge in [0.05, 0.1) is 12.4 Å². The van der Waals surface area contributed by atoms with E-state index in [1.165, 1.54) is 12.3 Å². The van der Waals surface area contributed by atoms with E-state index in [0.717, 1.165) is 24.0 Å². The Balaban J connectivity index is 2.26. The maximum Gasteiger partial charge on any atom is 0.148 e. The van der Waals surface area contributed by atoms with Gasteiger partial charge in [0.2, 0.25) is 0 Å². The number of aryl methyl sites for hydroxylation is 2. The quantitative estimate of drug-likeness (QED) is 0.814. The first-order chi connectivity index (χ1) is 8.17. The Hall–Kier alpha value is -1.97. The molecule has 3 nitrogen and oxygen atoms in total. The Bertz CT molecular complexity index is 529. The van der Waals surface area contributed by atoms with Gasteiger partial charge in [-0.05, 0) is 13.3 Å². The molecule has 0 aliphatic carbocycles. The van der Waals surface area contributed by atoms with Crippen molar-refractivity contribution in [3.05, 3.63) is 47.8 Å². The van der Waals surface area contributed by atoms with Crippen molar-refractivity contribution in [1.29, 1.82) is 0 Å². The largest absolute Gasteiger partial charge is 0.456 e. The van der Waals surface area contributed by atoms with Crippen molar-refractivity contribution in [2.24, 2.45) is 0 Å². The highest BCUT2D eigenvalue weighted by molar-refractivity contribution is 5.32. The average Bonchev–Trinajstić information content (AvgIpc) is 2.28. The Morgan fingerprint density at radius 1 is 1.18 bits per heavy atom. The number of hydrogen-bond donors (Lipinski definition) is 0. The second kappa shape index (κ2) is 4.91. The fraction of sp³-hybridized carbons (Fsp3) is 0.231. The van der Waals surface area contributed by atoms with E-state index < -0.39 is 5.82 Å². The lowest BCUT2D eigenvalue weighted by molar-refractivity contribution is 0.471. The molecule has 0 aliphatic rings. The third kappa shape index (κ3) is 3.00. The van der Waals surface area contributed by atoms with Crippen LogP contribution in [0.15, 0.2) is 30.6 Å². The summed E-state index contributed by atoms with van der Waals surface area (Å²) in [6.07, 6.45) is 3.45. The molecule has 0 bridgehead atoms. The van der Waals surface area contributed by atoms with E-state index >= 15 is 0 Å². The van der Waals surface area contributed by atoms with Crippen LogP contribution in [0.5, 0.6) is 11.5 Å². The van der Waals surface area contributed by atoms with Crippen molar-refractivity contribution in [3.8, 4) is 11.5 Å². The van der Waals surface area contributed by atoms with E-state index in [-0.39, 0.29) is 0 Å². The smallest absolute Gasteiger partial charge is 0.148 e. The van der Waals surface area contributed by atoms with Crippen molar-refractivity contribution >= 4 is 0 Å². The highest BCUT2D eigenvalue weighted by Gasteiger charge is 2.03. The van der Waals surface area contributed by atoms with Crippen LogP contribution in [-0.4, -0.2) is 9.97 Å². The molecule has 0 aromatic carbocycles. The molecule has 0 atom stereocenters. The Kier molecular flexibility index (Phi) is 3.32. The molecule has 0 amide bonds. The molecule has 0 saturated heterocycles. The zero-order valence-electron chi connectivity index (χ0n) is 9.77. The maximum absolute atomic E-state index is 12.9. The fourth-order valence-corrected chi connectivity index (χ4v) is 1.53. The number of nitrogens with zero attached hydrogens (tertiary/aromatic N) is 2. The van der Waals surface area contributed by atoms with Gasteiger partial charge in [0.15, 0.2) is 0 Å². The van der Waals surface area contributed by atoms with Gasteiger partial charge in [-0.15, -0.1) is 0 Å². The first-order valence-electron chi connectivity index (χ1n) is 5.43. The molecule has 0 aliphatic heterocycles. The molecule has 0 saturated carbocycles. The lowest BCUT2D eigenvalue weighted by Gasteiger charge is -2.07. The van der Waals surface area contributed by atoms with Gasteiger partial charge in [0, 0.05) is 29.6 Å². The predicted octanol–water partition coefficient (Wildman–Crippen LogP) is 3.28. The maximum atomic E-state index is 12.9. The van der Waals surface area contributed by atoms with Gasteiger partial charge < -0.3 is 4.74 Å². The minimum atomic E-state index is -0.413. The molecule has 0 spiro atoms. The number of halogens is 1. The van der Waals surface area contributed by atoms with E-state index in [1.54, 1.807) is 0 Å². The Morgan fingerprint density at radius 3 is 2.71 bits per heavy atom. The van der Waals surface area contributed by atoms with Crippen molar-refractivity contribution in [3.63, 3.8) is 0 Å². The standard InChI is InChI=1S/C13H13FN2O/c1-3-11-6-12(4-9(2)16-11)17-13-5-10(14)7-15-8-13/h4-8H,3H2,1-2H3. The second-order valence-electron chi connectivity index (χ2n) is 3.73. The van der Waals surface area contributed by atoms with E-state index in [1.807, 2.05) is 26.0 Å². The fourth-order valence-electron chi connectivity index (χ4n) is 1.53. The summed E-state index contributed by atoms with van der Waals surface area (Å²) < 4.78 is 18.5. The lowest BCUT2D eigenvalue weighted by Crippen LogP contribution is -1.93. The SMILES string of the molecule is CCc1cc(Oc2cncc(F)c2)cc(C)n1. The predicted molar refractivity (Wildman–Crippen MR) is 62.6 cm³/mol. The molecule has 0 radical (unpaired) electrons. The first-order valence-corrected chi connectivity index (χ1v) is 5.43. The van der Waals surface area contributed by atoms with Crippen LogP contribution in [0, 0.1) is 12.7 Å². The number of rotatable bonds is 3. The third-order valence-electron chi connectivity index (χ3n) is 2.26. The van der Waals surface area contributed by atoms with Crippen LogP contribution >= 0.6 is 0 Å². The van der Waals surface area contributed by atoms with Gasteiger partial charge in [0.1, 0.15) is 17.3 Å². The normalized spacial score (nSPS) is 10.3. The summed E-state index contributed by atoms with van der Waals surface area (Å²) >= 11 is 0. The molecule has 2 rings (SSSR count). The van der Waals surface area contributed by atoms with E-state index in [0.29, 0.717) is 11.5 Å². The van der Waals surface area contributed by atoms with Crippen LogP contribution < -0.4 is 4.74 Å². The topological polar surface area (TPSA) is 35.0 Å². The summed E-state index contributed by atoms with van der Waals surface area (Å²) in [5.41, 5.74) is 1.83. The molecule has 0 N–H and O–H groups in total.